The van der Waals surface area contributed by atoms with E-state index in [2.05, 4.69) is 50.9 Å². The number of rotatable bonds is 5. The van der Waals surface area contributed by atoms with E-state index in [0.717, 1.165) is 24.6 Å². The van der Waals surface area contributed by atoms with E-state index >= 15 is 0 Å². The van der Waals surface area contributed by atoms with Crippen LogP contribution in [-0.4, -0.2) is 30.2 Å². The molecule has 0 aliphatic carbocycles. The van der Waals surface area contributed by atoms with E-state index in [1.807, 2.05) is 18.2 Å². The number of Topliss-reactive ketones (excluding diaryl/α,β-unsaturated/α-hetero) is 1. The van der Waals surface area contributed by atoms with Crippen molar-refractivity contribution in [2.45, 2.75) is 29.4 Å². The van der Waals surface area contributed by atoms with Crippen molar-refractivity contribution >= 4 is 37.6 Å². The van der Waals surface area contributed by atoms with Crippen LogP contribution in [0.3, 0.4) is 0 Å². The Balaban J connectivity index is 1.88. The topological polar surface area (TPSA) is 21.5 Å². The smallest absolute Gasteiger partial charge is 0.201 e. The van der Waals surface area contributed by atoms with Crippen molar-refractivity contribution in [3.05, 3.63) is 35.9 Å². The second-order valence-corrected chi connectivity index (χ2v) is 7.76. The summed E-state index contributed by atoms with van der Waals surface area (Å²) in [5.74, 6) is 1.11. The molecule has 2 nitrogen and oxygen atoms in total. The number of nitrogens with one attached hydrogen (secondary N) is 1. The molecule has 0 spiro atoms. The molecular formula is C16H22Br2NO+. The van der Waals surface area contributed by atoms with Gasteiger partial charge in [-0.2, -0.15) is 0 Å². The fraction of sp³-hybridized carbons (Fsp3) is 0.562. The van der Waals surface area contributed by atoms with Gasteiger partial charge in [0.1, 0.15) is 6.54 Å². The van der Waals surface area contributed by atoms with Crippen LogP contribution in [0.1, 0.15) is 30.2 Å². The third-order valence-electron chi connectivity index (χ3n) is 4.09. The molecule has 0 bridgehead atoms. The van der Waals surface area contributed by atoms with Gasteiger partial charge < -0.3 is 4.90 Å². The highest BCUT2D eigenvalue weighted by Crippen LogP contribution is 2.31. The summed E-state index contributed by atoms with van der Waals surface area (Å²) in [5, 5.41) is 0. The lowest BCUT2D eigenvalue weighted by Crippen LogP contribution is -3.14. The summed E-state index contributed by atoms with van der Waals surface area (Å²) in [7, 11) is 0. The molecule has 1 heterocycles. The molecule has 0 aromatic heterocycles. The molecule has 1 aromatic rings. The lowest BCUT2D eigenvalue weighted by Gasteiger charge is -2.27. The zero-order chi connectivity index (χ0) is 14.5. The molecule has 1 N–H and O–H groups in total. The fourth-order valence-electron chi connectivity index (χ4n) is 2.66. The number of alkyl halides is 2. The molecule has 4 heteroatoms. The molecule has 110 valence electrons. The highest BCUT2D eigenvalue weighted by Gasteiger charge is 2.29. The number of ketones is 1. The van der Waals surface area contributed by atoms with E-state index in [9.17, 15) is 4.79 Å². The molecule has 1 aliphatic rings. The van der Waals surface area contributed by atoms with Gasteiger partial charge in [0, 0.05) is 0 Å². The van der Waals surface area contributed by atoms with Gasteiger partial charge in [0.25, 0.3) is 0 Å². The third-order valence-corrected chi connectivity index (χ3v) is 6.89. The normalized spacial score (nSPS) is 25.9. The molecule has 1 aromatic carbocycles. The first kappa shape index (κ1) is 16.2. The average molecular weight is 404 g/mol. The Hall–Kier alpha value is -0.190. The Morgan fingerprint density at radius 1 is 1.25 bits per heavy atom. The molecule has 2 unspecified atom stereocenters. The zero-order valence-electron chi connectivity index (χ0n) is 11.8. The van der Waals surface area contributed by atoms with Crippen LogP contribution in [0.15, 0.2) is 30.3 Å². The first-order valence-corrected chi connectivity index (χ1v) is 9.10. The van der Waals surface area contributed by atoms with E-state index in [1.54, 1.807) is 0 Å². The Kier molecular flexibility index (Phi) is 6.24. The van der Waals surface area contributed by atoms with Crippen molar-refractivity contribution in [3.63, 3.8) is 0 Å². The van der Waals surface area contributed by atoms with Crippen molar-refractivity contribution in [1.82, 2.24) is 0 Å². The molecule has 0 saturated carbocycles. The molecule has 2 atom stereocenters. The number of carbonyl (C=O) groups excluding carboxylic acids is 1. The van der Waals surface area contributed by atoms with Crippen molar-refractivity contribution in [2.24, 2.45) is 5.92 Å². The minimum atomic E-state index is -0.156. The first-order valence-electron chi connectivity index (χ1n) is 7.27. The Morgan fingerprint density at radius 2 is 1.85 bits per heavy atom. The lowest BCUT2D eigenvalue weighted by atomic mass is 9.99. The second-order valence-electron chi connectivity index (χ2n) is 5.79. The maximum absolute atomic E-state index is 12.4. The fourth-order valence-corrected chi connectivity index (χ4v) is 3.73. The Morgan fingerprint density at radius 3 is 2.45 bits per heavy atom. The molecule has 0 radical (unpaired) electrons. The van der Waals surface area contributed by atoms with Crippen molar-refractivity contribution in [1.29, 1.82) is 0 Å². The minimum Gasteiger partial charge on any atom is -0.329 e. The van der Waals surface area contributed by atoms with Crippen molar-refractivity contribution < 1.29 is 9.69 Å². The van der Waals surface area contributed by atoms with Gasteiger partial charge in [-0.05, 0) is 24.3 Å². The van der Waals surface area contributed by atoms with Gasteiger partial charge in [-0.15, -0.1) is 0 Å². The van der Waals surface area contributed by atoms with E-state index in [4.69, 9.17) is 0 Å². The maximum atomic E-state index is 12.4. The van der Waals surface area contributed by atoms with Crippen LogP contribution in [0.2, 0.25) is 0 Å². The van der Waals surface area contributed by atoms with Crippen LogP contribution in [0.5, 0.6) is 0 Å². The number of benzene rings is 1. The number of quaternary nitrogens is 1. The second kappa shape index (κ2) is 7.71. The number of hydrogen-bond donors (Lipinski definition) is 1. The molecule has 2 rings (SSSR count). The van der Waals surface area contributed by atoms with Crippen molar-refractivity contribution in [2.75, 3.05) is 19.6 Å². The monoisotopic (exact) mass is 402 g/mol. The predicted octanol–water partition coefficient (Wildman–Crippen LogP) is 2.77. The van der Waals surface area contributed by atoms with Gasteiger partial charge >= 0.3 is 0 Å². The number of halogens is 2. The standard InChI is InChI=1S/C16H21Br2NO/c1-12-7-9-19(10-8-12)11-14(20)16(18)15(17)13-5-3-2-4-6-13/h2-6,12,15-16H,7-11H2,1H3/p+1. The summed E-state index contributed by atoms with van der Waals surface area (Å²) in [6.45, 7) is 5.20. The van der Waals surface area contributed by atoms with E-state index in [-0.39, 0.29) is 9.65 Å². The van der Waals surface area contributed by atoms with Gasteiger partial charge in [0.15, 0.2) is 0 Å². The van der Waals surface area contributed by atoms with Crippen LogP contribution in [0, 0.1) is 5.92 Å². The summed E-state index contributed by atoms with van der Waals surface area (Å²) < 4.78 is 0. The quantitative estimate of drug-likeness (QED) is 0.750. The van der Waals surface area contributed by atoms with Crippen LogP contribution in [0.4, 0.5) is 0 Å². The van der Waals surface area contributed by atoms with Crippen LogP contribution >= 0.6 is 31.9 Å². The molecule has 20 heavy (non-hydrogen) atoms. The summed E-state index contributed by atoms with van der Waals surface area (Å²) in [6.07, 6.45) is 2.48. The molecule has 1 fully saturated rings. The third kappa shape index (κ3) is 4.40. The maximum Gasteiger partial charge on any atom is 0.201 e. The summed E-state index contributed by atoms with van der Waals surface area (Å²) in [6, 6.07) is 10.1. The van der Waals surface area contributed by atoms with E-state index < -0.39 is 0 Å². The van der Waals surface area contributed by atoms with Gasteiger partial charge in [0.05, 0.1) is 22.7 Å². The van der Waals surface area contributed by atoms with Gasteiger partial charge in [-0.3, -0.25) is 4.79 Å². The number of hydrogen-bond acceptors (Lipinski definition) is 1. The summed E-state index contributed by atoms with van der Waals surface area (Å²) in [4.78, 5) is 13.7. The Labute approximate surface area is 138 Å². The van der Waals surface area contributed by atoms with Gasteiger partial charge in [-0.1, -0.05) is 69.1 Å². The zero-order valence-corrected chi connectivity index (χ0v) is 15.0. The molecule has 1 aliphatic heterocycles. The molecule has 1 saturated heterocycles. The first-order chi connectivity index (χ1) is 9.58. The SMILES string of the molecule is CC1CC[NH+](CC(=O)C(Br)C(Br)c2ccccc2)CC1. The van der Waals surface area contributed by atoms with Crippen LogP contribution in [-0.2, 0) is 4.79 Å². The number of likely N-dealkylation sites (tertiary alicyclic amines) is 1. The largest absolute Gasteiger partial charge is 0.329 e. The predicted molar refractivity (Wildman–Crippen MR) is 89.8 cm³/mol. The van der Waals surface area contributed by atoms with Gasteiger partial charge in [0.2, 0.25) is 5.78 Å². The highest BCUT2D eigenvalue weighted by molar-refractivity contribution is 9.12. The number of carbonyl (C=O) groups is 1. The van der Waals surface area contributed by atoms with E-state index in [0.29, 0.717) is 12.3 Å². The average Bonchev–Trinajstić information content (AvgIpc) is 2.49. The molecule has 0 amide bonds. The van der Waals surface area contributed by atoms with Crippen molar-refractivity contribution in [3.8, 4) is 0 Å². The van der Waals surface area contributed by atoms with Gasteiger partial charge in [-0.25, -0.2) is 0 Å². The van der Waals surface area contributed by atoms with Crippen LogP contribution in [0.25, 0.3) is 0 Å². The summed E-state index contributed by atoms with van der Waals surface area (Å²) in [5.41, 5.74) is 1.14. The van der Waals surface area contributed by atoms with Crippen LogP contribution < -0.4 is 4.90 Å². The number of piperidine rings is 1. The lowest BCUT2D eigenvalue weighted by molar-refractivity contribution is -0.898. The molecular weight excluding hydrogens is 382 g/mol. The summed E-state index contributed by atoms with van der Waals surface area (Å²) >= 11 is 7.22. The minimum absolute atomic E-state index is 0.0410. The highest BCUT2D eigenvalue weighted by atomic mass is 79.9. The van der Waals surface area contributed by atoms with E-state index in [1.165, 1.54) is 17.7 Å². The Bertz CT molecular complexity index is 429.